The number of nitrogens with zero attached hydrogens (tertiary/aromatic N) is 4. The van der Waals surface area contributed by atoms with E-state index >= 15 is 0 Å². The van der Waals surface area contributed by atoms with Crippen molar-refractivity contribution in [2.45, 2.75) is 24.9 Å². The van der Waals surface area contributed by atoms with Gasteiger partial charge in [0, 0.05) is 24.8 Å². The lowest BCUT2D eigenvalue weighted by molar-refractivity contribution is -0.0522. The topological polar surface area (TPSA) is 60.8 Å². The average Bonchev–Trinajstić information content (AvgIpc) is 3.45. The Morgan fingerprint density at radius 1 is 0.923 bits per heavy atom. The molecule has 4 rings (SSSR count). The van der Waals surface area contributed by atoms with Gasteiger partial charge in [0.1, 0.15) is 0 Å². The van der Waals surface area contributed by atoms with Gasteiger partial charge in [0.2, 0.25) is 0 Å². The van der Waals surface area contributed by atoms with E-state index in [1.807, 2.05) is 0 Å². The summed E-state index contributed by atoms with van der Waals surface area (Å²) in [6, 6.07) is 5.78. The van der Waals surface area contributed by atoms with Gasteiger partial charge in [-0.1, -0.05) is 6.07 Å². The van der Waals surface area contributed by atoms with E-state index in [1.165, 1.54) is 6.07 Å². The van der Waals surface area contributed by atoms with Crippen molar-refractivity contribution in [1.29, 1.82) is 0 Å². The first-order valence-electron chi connectivity index (χ1n) is 7.95. The van der Waals surface area contributed by atoms with E-state index in [-0.39, 0.29) is 11.8 Å². The zero-order valence-electron chi connectivity index (χ0n) is 13.4. The average molecular weight is 358 g/mol. The first-order chi connectivity index (χ1) is 12.6. The highest BCUT2D eigenvalue weighted by molar-refractivity contribution is 5.43. The second-order valence-corrected chi connectivity index (χ2v) is 5.93. The number of rotatable bonds is 5. The highest BCUT2D eigenvalue weighted by atomic mass is 19.3. The van der Waals surface area contributed by atoms with Crippen LogP contribution in [0.1, 0.15) is 29.4 Å². The molecule has 3 aromatic rings. The summed E-state index contributed by atoms with van der Waals surface area (Å²) < 4.78 is 42.5. The lowest BCUT2D eigenvalue weighted by atomic mass is 10.1. The molecule has 1 saturated carbocycles. The molecule has 0 spiro atoms. The minimum Gasteiger partial charge on any atom is -0.432 e. The molecule has 1 aromatic carbocycles. The van der Waals surface area contributed by atoms with E-state index < -0.39 is 18.2 Å². The van der Waals surface area contributed by atoms with Crippen molar-refractivity contribution in [3.8, 4) is 17.4 Å². The lowest BCUT2D eigenvalue weighted by Crippen LogP contribution is -2.04. The molecule has 1 fully saturated rings. The summed E-state index contributed by atoms with van der Waals surface area (Å²) in [5.41, 5.74) is 1.68. The fourth-order valence-corrected chi connectivity index (χ4v) is 2.93. The second kappa shape index (κ2) is 6.70. The summed E-state index contributed by atoms with van der Waals surface area (Å²) in [6.45, 7) is -3.06. The Hall–Kier alpha value is -3.03. The van der Waals surface area contributed by atoms with Crippen LogP contribution in [-0.2, 0) is 0 Å². The van der Waals surface area contributed by atoms with Crippen molar-refractivity contribution in [3.05, 3.63) is 66.0 Å². The van der Waals surface area contributed by atoms with Gasteiger partial charge >= 0.3 is 6.61 Å². The Morgan fingerprint density at radius 3 is 2.27 bits per heavy atom. The van der Waals surface area contributed by atoms with E-state index in [4.69, 9.17) is 0 Å². The van der Waals surface area contributed by atoms with Crippen molar-refractivity contribution >= 4 is 0 Å². The molecule has 0 bridgehead atoms. The van der Waals surface area contributed by atoms with E-state index in [0.29, 0.717) is 11.6 Å². The Morgan fingerprint density at radius 2 is 1.58 bits per heavy atom. The first-order valence-corrected chi connectivity index (χ1v) is 7.95. The van der Waals surface area contributed by atoms with Crippen LogP contribution >= 0.6 is 0 Å². The van der Waals surface area contributed by atoms with Crippen LogP contribution in [0.2, 0.25) is 0 Å². The van der Waals surface area contributed by atoms with Gasteiger partial charge in [0.05, 0.1) is 0 Å². The van der Waals surface area contributed by atoms with Crippen LogP contribution < -0.4 is 4.74 Å². The normalized spacial score (nSPS) is 18.8. The zero-order valence-corrected chi connectivity index (χ0v) is 13.4. The minimum atomic E-state index is -3.06. The first kappa shape index (κ1) is 16.4. The maximum atomic E-state index is 13.5. The predicted molar refractivity (Wildman–Crippen MR) is 86.2 cm³/mol. The highest BCUT2D eigenvalue weighted by Crippen LogP contribution is 2.54. The van der Waals surface area contributed by atoms with Gasteiger partial charge in [-0.05, 0) is 47.6 Å². The van der Waals surface area contributed by atoms with Crippen LogP contribution in [0.5, 0.6) is 5.75 Å². The fraction of sp³-hybridized carbons (Fsp3) is 0.222. The Balaban J connectivity index is 1.50. The molecule has 0 saturated heterocycles. The van der Waals surface area contributed by atoms with E-state index in [9.17, 15) is 13.2 Å². The smallest absolute Gasteiger partial charge is 0.387 e. The summed E-state index contributed by atoms with van der Waals surface area (Å²) in [4.78, 5) is 16.8. The van der Waals surface area contributed by atoms with Crippen molar-refractivity contribution in [3.63, 3.8) is 0 Å². The Bertz CT molecular complexity index is 906. The molecular formula is C18H13F3N4O. The Labute approximate surface area is 146 Å². The molecule has 0 amide bonds. The SMILES string of the molecule is Fc1ccc([C@@H]2C[C@H]2c2cnc(-c3ncccn3)nc2)cc1OC(F)F. The molecule has 2 heterocycles. The molecule has 132 valence electrons. The summed E-state index contributed by atoms with van der Waals surface area (Å²) in [6.07, 6.45) is 7.46. The minimum absolute atomic E-state index is 0.0954. The standard InChI is InChI=1S/C18H13F3N4O/c19-14-3-2-10(6-15(14)26-18(20)21)12-7-13(12)11-8-24-17(25-9-11)16-22-4-1-5-23-16/h1-6,8-9,12-13,18H,7H2/t12-,13-/m0/s1. The van der Waals surface area contributed by atoms with E-state index in [0.717, 1.165) is 23.6 Å². The molecular weight excluding hydrogens is 345 g/mol. The van der Waals surface area contributed by atoms with Crippen LogP contribution in [0.25, 0.3) is 11.6 Å². The van der Waals surface area contributed by atoms with Crippen molar-refractivity contribution in [1.82, 2.24) is 19.9 Å². The van der Waals surface area contributed by atoms with Crippen molar-refractivity contribution in [2.24, 2.45) is 0 Å². The third kappa shape index (κ3) is 3.35. The number of hydrogen-bond donors (Lipinski definition) is 0. The van der Waals surface area contributed by atoms with Gasteiger partial charge in [-0.3, -0.25) is 0 Å². The monoisotopic (exact) mass is 358 g/mol. The number of benzene rings is 1. The lowest BCUT2D eigenvalue weighted by Gasteiger charge is -2.08. The van der Waals surface area contributed by atoms with Crippen LogP contribution in [0.4, 0.5) is 13.2 Å². The van der Waals surface area contributed by atoms with Gasteiger partial charge < -0.3 is 4.74 Å². The number of aromatic nitrogens is 4. The molecule has 26 heavy (non-hydrogen) atoms. The van der Waals surface area contributed by atoms with Gasteiger partial charge in [-0.25, -0.2) is 24.3 Å². The summed E-state index contributed by atoms with van der Waals surface area (Å²) in [7, 11) is 0. The quantitative estimate of drug-likeness (QED) is 0.691. The molecule has 1 aliphatic rings. The van der Waals surface area contributed by atoms with Crippen LogP contribution in [0, 0.1) is 5.82 Å². The second-order valence-electron chi connectivity index (χ2n) is 5.93. The van der Waals surface area contributed by atoms with Crippen molar-refractivity contribution < 1.29 is 17.9 Å². The number of halogens is 3. The summed E-state index contributed by atoms with van der Waals surface area (Å²) in [5, 5.41) is 0. The summed E-state index contributed by atoms with van der Waals surface area (Å²) in [5.74, 6) is -0.110. The zero-order chi connectivity index (χ0) is 18.1. The van der Waals surface area contributed by atoms with Crippen LogP contribution in [0.15, 0.2) is 49.1 Å². The molecule has 2 atom stereocenters. The maximum absolute atomic E-state index is 13.5. The van der Waals surface area contributed by atoms with Crippen molar-refractivity contribution in [2.75, 3.05) is 0 Å². The summed E-state index contributed by atoms with van der Waals surface area (Å²) >= 11 is 0. The third-order valence-corrected chi connectivity index (χ3v) is 4.26. The van der Waals surface area contributed by atoms with Gasteiger partial charge in [-0.15, -0.1) is 0 Å². The fourth-order valence-electron chi connectivity index (χ4n) is 2.93. The predicted octanol–water partition coefficient (Wildman–Crippen LogP) is 3.95. The Kier molecular flexibility index (Phi) is 4.24. The van der Waals surface area contributed by atoms with E-state index in [1.54, 1.807) is 36.9 Å². The molecule has 0 aliphatic heterocycles. The third-order valence-electron chi connectivity index (χ3n) is 4.26. The van der Waals surface area contributed by atoms with Crippen LogP contribution in [0.3, 0.4) is 0 Å². The molecule has 0 unspecified atom stereocenters. The molecule has 0 radical (unpaired) electrons. The molecule has 8 heteroatoms. The molecule has 0 N–H and O–H groups in total. The molecule has 5 nitrogen and oxygen atoms in total. The number of alkyl halides is 2. The van der Waals surface area contributed by atoms with Crippen LogP contribution in [-0.4, -0.2) is 26.5 Å². The van der Waals surface area contributed by atoms with Gasteiger partial charge in [-0.2, -0.15) is 8.78 Å². The van der Waals surface area contributed by atoms with Gasteiger partial charge in [0.15, 0.2) is 23.2 Å². The largest absolute Gasteiger partial charge is 0.432 e. The number of ether oxygens (including phenoxy) is 1. The van der Waals surface area contributed by atoms with Gasteiger partial charge in [0.25, 0.3) is 0 Å². The molecule has 1 aliphatic carbocycles. The van der Waals surface area contributed by atoms with E-state index in [2.05, 4.69) is 24.7 Å². The maximum Gasteiger partial charge on any atom is 0.387 e. The highest BCUT2D eigenvalue weighted by Gasteiger charge is 2.40. The molecule has 2 aromatic heterocycles. The number of hydrogen-bond acceptors (Lipinski definition) is 5.